The largest absolute Gasteiger partial charge is 0.493 e. The van der Waals surface area contributed by atoms with Gasteiger partial charge in [-0.25, -0.2) is 0 Å². The lowest BCUT2D eigenvalue weighted by Crippen LogP contribution is -2.23. The molecular formula is C14H18O6. The summed E-state index contributed by atoms with van der Waals surface area (Å²) in [5.41, 5.74) is 0.700. The minimum atomic E-state index is -0.696. The number of ether oxygens (including phenoxy) is 3. The highest BCUT2D eigenvalue weighted by atomic mass is 16.6. The molecule has 0 aliphatic carbocycles. The fourth-order valence-electron chi connectivity index (χ4n) is 2.46. The van der Waals surface area contributed by atoms with Gasteiger partial charge in [-0.3, -0.25) is 4.79 Å². The number of benzene rings is 1. The van der Waals surface area contributed by atoms with Gasteiger partial charge in [-0.15, -0.1) is 0 Å². The molecule has 0 spiro atoms. The van der Waals surface area contributed by atoms with E-state index in [0.717, 1.165) is 0 Å². The molecule has 0 saturated carbocycles. The number of aliphatic hydroxyl groups is 2. The number of aliphatic hydroxyl groups excluding tert-OH is 2. The Labute approximate surface area is 116 Å². The molecule has 110 valence electrons. The summed E-state index contributed by atoms with van der Waals surface area (Å²) in [6.45, 7) is -0.580. The molecule has 1 aliphatic heterocycles. The number of carbonyl (C=O) groups excluding carboxylic acids is 1. The third-order valence-corrected chi connectivity index (χ3v) is 3.60. The lowest BCUT2D eigenvalue weighted by atomic mass is 9.88. The van der Waals surface area contributed by atoms with Gasteiger partial charge < -0.3 is 24.4 Å². The molecule has 6 heteroatoms. The zero-order chi connectivity index (χ0) is 14.7. The van der Waals surface area contributed by atoms with Gasteiger partial charge in [0.1, 0.15) is 6.10 Å². The van der Waals surface area contributed by atoms with Crippen LogP contribution in [0.1, 0.15) is 11.7 Å². The molecule has 1 heterocycles. The van der Waals surface area contributed by atoms with Crippen molar-refractivity contribution in [3.05, 3.63) is 23.8 Å². The van der Waals surface area contributed by atoms with E-state index in [1.807, 2.05) is 0 Å². The SMILES string of the molecule is COc1ccc([C@@H]2OC(=O)[C@@H](CO)[C@H]2CO)cc1OC. The summed E-state index contributed by atoms with van der Waals surface area (Å²) in [4.78, 5) is 11.7. The number of esters is 1. The van der Waals surface area contributed by atoms with E-state index in [4.69, 9.17) is 14.2 Å². The molecule has 0 bridgehead atoms. The Morgan fingerprint density at radius 3 is 2.40 bits per heavy atom. The molecule has 2 N–H and O–H groups in total. The van der Waals surface area contributed by atoms with Crippen LogP contribution in [0.3, 0.4) is 0 Å². The van der Waals surface area contributed by atoms with Crippen LogP contribution in [0.25, 0.3) is 0 Å². The lowest BCUT2D eigenvalue weighted by Gasteiger charge is -2.19. The van der Waals surface area contributed by atoms with E-state index in [9.17, 15) is 15.0 Å². The summed E-state index contributed by atoms with van der Waals surface area (Å²) in [5, 5.41) is 18.7. The van der Waals surface area contributed by atoms with Gasteiger partial charge in [-0.2, -0.15) is 0 Å². The van der Waals surface area contributed by atoms with E-state index in [1.165, 1.54) is 14.2 Å². The van der Waals surface area contributed by atoms with Crippen molar-refractivity contribution in [2.45, 2.75) is 6.10 Å². The molecule has 1 aromatic carbocycles. The van der Waals surface area contributed by atoms with Gasteiger partial charge in [0.25, 0.3) is 0 Å². The summed E-state index contributed by atoms with van der Waals surface area (Å²) in [5.74, 6) is -0.569. The summed E-state index contributed by atoms with van der Waals surface area (Å²) >= 11 is 0. The van der Waals surface area contributed by atoms with Crippen molar-refractivity contribution in [2.24, 2.45) is 11.8 Å². The number of cyclic esters (lactones) is 1. The van der Waals surface area contributed by atoms with Gasteiger partial charge in [-0.1, -0.05) is 6.07 Å². The van der Waals surface area contributed by atoms with E-state index >= 15 is 0 Å². The monoisotopic (exact) mass is 282 g/mol. The molecule has 1 aliphatic rings. The Bertz CT molecular complexity index is 487. The van der Waals surface area contributed by atoms with Crippen molar-refractivity contribution in [2.75, 3.05) is 27.4 Å². The van der Waals surface area contributed by atoms with Crippen molar-refractivity contribution >= 4 is 5.97 Å². The van der Waals surface area contributed by atoms with Crippen LogP contribution in [0.4, 0.5) is 0 Å². The highest BCUT2D eigenvalue weighted by Crippen LogP contribution is 2.41. The Balaban J connectivity index is 2.33. The third-order valence-electron chi connectivity index (χ3n) is 3.60. The molecule has 1 saturated heterocycles. The normalized spacial score (nSPS) is 25.4. The molecule has 0 amide bonds. The van der Waals surface area contributed by atoms with Gasteiger partial charge in [0, 0.05) is 5.92 Å². The predicted octanol–water partition coefficient (Wildman–Crippen LogP) is 0.519. The molecule has 0 radical (unpaired) electrons. The highest BCUT2D eigenvalue weighted by molar-refractivity contribution is 5.75. The second-order valence-corrected chi connectivity index (χ2v) is 4.61. The number of hydrogen-bond acceptors (Lipinski definition) is 6. The fourth-order valence-corrected chi connectivity index (χ4v) is 2.46. The highest BCUT2D eigenvalue weighted by Gasteiger charge is 2.44. The minimum Gasteiger partial charge on any atom is -0.493 e. The van der Waals surface area contributed by atoms with Crippen LogP contribution in [0.5, 0.6) is 11.5 Å². The molecule has 0 unspecified atom stereocenters. The summed E-state index contributed by atoms with van der Waals surface area (Å²) in [7, 11) is 3.05. The first kappa shape index (κ1) is 14.6. The maximum Gasteiger partial charge on any atom is 0.312 e. The van der Waals surface area contributed by atoms with Crippen LogP contribution in [-0.2, 0) is 9.53 Å². The summed E-state index contributed by atoms with van der Waals surface area (Å²) in [6, 6.07) is 5.17. The fraction of sp³-hybridized carbons (Fsp3) is 0.500. The molecule has 6 nitrogen and oxygen atoms in total. The van der Waals surface area contributed by atoms with E-state index in [0.29, 0.717) is 17.1 Å². The molecule has 20 heavy (non-hydrogen) atoms. The Morgan fingerprint density at radius 1 is 1.15 bits per heavy atom. The number of hydrogen-bond donors (Lipinski definition) is 2. The maximum absolute atomic E-state index is 11.7. The first-order valence-electron chi connectivity index (χ1n) is 6.30. The summed E-state index contributed by atoms with van der Waals surface area (Å²) < 4.78 is 15.6. The van der Waals surface area contributed by atoms with Crippen molar-refractivity contribution < 1.29 is 29.2 Å². The Morgan fingerprint density at radius 2 is 1.85 bits per heavy atom. The lowest BCUT2D eigenvalue weighted by molar-refractivity contribution is -0.145. The van der Waals surface area contributed by atoms with E-state index in [-0.39, 0.29) is 13.2 Å². The van der Waals surface area contributed by atoms with Crippen LogP contribution in [-0.4, -0.2) is 43.6 Å². The molecule has 2 rings (SSSR count). The van der Waals surface area contributed by atoms with Crippen LogP contribution in [0.2, 0.25) is 0 Å². The molecule has 1 fully saturated rings. The summed E-state index contributed by atoms with van der Waals surface area (Å²) in [6.07, 6.45) is -0.593. The quantitative estimate of drug-likeness (QED) is 0.766. The van der Waals surface area contributed by atoms with E-state index < -0.39 is 23.9 Å². The zero-order valence-electron chi connectivity index (χ0n) is 11.4. The van der Waals surface area contributed by atoms with Gasteiger partial charge in [-0.05, 0) is 17.7 Å². The minimum absolute atomic E-state index is 0.240. The number of carbonyl (C=O) groups is 1. The third kappa shape index (κ3) is 2.44. The Kier molecular flexibility index (Phi) is 4.46. The first-order valence-corrected chi connectivity index (χ1v) is 6.30. The standard InChI is InChI=1S/C14H18O6/c1-18-11-4-3-8(5-12(11)19-2)13-9(6-15)10(7-16)14(17)20-13/h3-5,9-10,13,15-16H,6-7H2,1-2H3/t9-,10+,13+/m1/s1. The van der Waals surface area contributed by atoms with Gasteiger partial charge in [0.05, 0.1) is 33.4 Å². The van der Waals surface area contributed by atoms with Crippen LogP contribution >= 0.6 is 0 Å². The second kappa shape index (κ2) is 6.11. The Hall–Kier alpha value is -1.79. The van der Waals surface area contributed by atoms with Crippen molar-refractivity contribution in [1.82, 2.24) is 0 Å². The number of rotatable bonds is 5. The van der Waals surface area contributed by atoms with Gasteiger partial charge in [0.15, 0.2) is 11.5 Å². The molecule has 1 aromatic rings. The van der Waals surface area contributed by atoms with Gasteiger partial charge >= 0.3 is 5.97 Å². The number of methoxy groups -OCH3 is 2. The van der Waals surface area contributed by atoms with Crippen molar-refractivity contribution in [1.29, 1.82) is 0 Å². The molecule has 0 aromatic heterocycles. The van der Waals surface area contributed by atoms with Crippen molar-refractivity contribution in [3.8, 4) is 11.5 Å². The van der Waals surface area contributed by atoms with Crippen LogP contribution in [0, 0.1) is 11.8 Å². The van der Waals surface area contributed by atoms with Crippen LogP contribution in [0.15, 0.2) is 18.2 Å². The molecular weight excluding hydrogens is 264 g/mol. The maximum atomic E-state index is 11.7. The smallest absolute Gasteiger partial charge is 0.312 e. The topological polar surface area (TPSA) is 85.2 Å². The zero-order valence-corrected chi connectivity index (χ0v) is 11.4. The first-order chi connectivity index (χ1) is 9.65. The van der Waals surface area contributed by atoms with E-state index in [1.54, 1.807) is 18.2 Å². The van der Waals surface area contributed by atoms with Crippen molar-refractivity contribution in [3.63, 3.8) is 0 Å². The average molecular weight is 282 g/mol. The molecule has 3 atom stereocenters. The second-order valence-electron chi connectivity index (χ2n) is 4.61. The average Bonchev–Trinajstić information content (AvgIpc) is 2.82. The van der Waals surface area contributed by atoms with Crippen LogP contribution < -0.4 is 9.47 Å². The van der Waals surface area contributed by atoms with E-state index in [2.05, 4.69) is 0 Å². The predicted molar refractivity (Wildman–Crippen MR) is 69.5 cm³/mol. The van der Waals surface area contributed by atoms with Gasteiger partial charge in [0.2, 0.25) is 0 Å².